The molecule has 0 rings (SSSR count). The highest BCUT2D eigenvalue weighted by Crippen LogP contribution is 1.84. The molecule has 0 aliphatic rings. The molecule has 0 saturated heterocycles. The van der Waals surface area contributed by atoms with Gasteiger partial charge in [-0.2, -0.15) is 0 Å². The molecular formula is C7H16ClNO3. The number of ether oxygens (including phenoxy) is 1. The highest BCUT2D eigenvalue weighted by atomic mass is 35.5. The lowest BCUT2D eigenvalue weighted by atomic mass is 10.4. The average Bonchev–Trinajstić information content (AvgIpc) is 1.85. The summed E-state index contributed by atoms with van der Waals surface area (Å²) in [5.41, 5.74) is 0. The Morgan fingerprint density at radius 1 is 1.50 bits per heavy atom. The maximum atomic E-state index is 9.96. The fraction of sp³-hybridized carbons (Fsp3) is 0.857. The van der Waals surface area contributed by atoms with E-state index in [1.54, 1.807) is 0 Å². The van der Waals surface area contributed by atoms with Crippen molar-refractivity contribution in [3.8, 4) is 0 Å². The fourth-order valence-corrected chi connectivity index (χ4v) is 0.642. The van der Waals surface area contributed by atoms with Crippen LogP contribution in [0, 0.1) is 0 Å². The molecule has 0 radical (unpaired) electrons. The second-order valence-corrected chi connectivity index (χ2v) is 2.60. The molecule has 0 heterocycles. The summed E-state index contributed by atoms with van der Waals surface area (Å²) in [6, 6.07) is 0. The molecule has 0 unspecified atom stereocenters. The summed E-state index contributed by atoms with van der Waals surface area (Å²) in [6.07, 6.45) is 0.875. The summed E-state index contributed by atoms with van der Waals surface area (Å²) in [5.74, 6) is -0.908. The first-order chi connectivity index (χ1) is 5.13. The molecule has 5 heteroatoms. The van der Waals surface area contributed by atoms with Crippen LogP contribution in [0.25, 0.3) is 0 Å². The van der Waals surface area contributed by atoms with E-state index < -0.39 is 5.97 Å². The van der Waals surface area contributed by atoms with Gasteiger partial charge in [-0.3, -0.25) is 0 Å². The van der Waals surface area contributed by atoms with Gasteiger partial charge in [0.1, 0.15) is 6.61 Å². The quantitative estimate of drug-likeness (QED) is 0.629. The molecule has 0 aliphatic heterocycles. The van der Waals surface area contributed by atoms with Crippen LogP contribution in [-0.2, 0) is 9.53 Å². The summed E-state index contributed by atoms with van der Waals surface area (Å²) < 4.78 is 4.82. The van der Waals surface area contributed by atoms with Crippen molar-refractivity contribution in [1.29, 1.82) is 0 Å². The van der Waals surface area contributed by atoms with Gasteiger partial charge in [0.25, 0.3) is 0 Å². The normalized spacial score (nSPS) is 9.58. The van der Waals surface area contributed by atoms with Crippen molar-refractivity contribution in [2.75, 3.05) is 33.9 Å². The molecule has 0 amide bonds. The number of aliphatic carboxylic acids is 1. The number of nitrogens with zero attached hydrogens (tertiary/aromatic N) is 1. The number of carboxylic acids is 1. The van der Waals surface area contributed by atoms with Gasteiger partial charge in [0.05, 0.1) is 0 Å². The molecule has 0 aromatic rings. The summed E-state index contributed by atoms with van der Waals surface area (Å²) >= 11 is 0. The maximum absolute atomic E-state index is 9.96. The predicted octanol–water partition coefficient (Wildman–Crippen LogP) is 0.461. The van der Waals surface area contributed by atoms with Crippen LogP contribution in [0.2, 0.25) is 0 Å². The third kappa shape index (κ3) is 12.4. The van der Waals surface area contributed by atoms with Gasteiger partial charge in [-0.05, 0) is 27.1 Å². The first-order valence-electron chi connectivity index (χ1n) is 3.57. The summed E-state index contributed by atoms with van der Waals surface area (Å²) in [5, 5.41) is 8.19. The fourth-order valence-electron chi connectivity index (χ4n) is 0.642. The van der Waals surface area contributed by atoms with Crippen LogP contribution in [-0.4, -0.2) is 49.8 Å². The van der Waals surface area contributed by atoms with Crippen molar-refractivity contribution < 1.29 is 14.6 Å². The van der Waals surface area contributed by atoms with Crippen molar-refractivity contribution in [2.24, 2.45) is 0 Å². The van der Waals surface area contributed by atoms with Crippen LogP contribution in [0.4, 0.5) is 0 Å². The lowest BCUT2D eigenvalue weighted by molar-refractivity contribution is -0.142. The van der Waals surface area contributed by atoms with E-state index in [1.807, 2.05) is 19.0 Å². The van der Waals surface area contributed by atoms with E-state index in [-0.39, 0.29) is 19.0 Å². The van der Waals surface area contributed by atoms with Gasteiger partial charge in [-0.25, -0.2) is 4.79 Å². The highest BCUT2D eigenvalue weighted by Gasteiger charge is 1.95. The van der Waals surface area contributed by atoms with Crippen LogP contribution in [0.5, 0.6) is 0 Å². The first kappa shape index (κ1) is 14.2. The Bertz CT molecular complexity index is 119. The molecule has 0 bridgehead atoms. The second kappa shape index (κ2) is 8.77. The Morgan fingerprint density at radius 2 is 2.08 bits per heavy atom. The number of halogens is 1. The number of hydrogen-bond donors (Lipinski definition) is 1. The molecule has 4 nitrogen and oxygen atoms in total. The third-order valence-corrected chi connectivity index (χ3v) is 1.12. The third-order valence-electron chi connectivity index (χ3n) is 1.12. The lowest BCUT2D eigenvalue weighted by Gasteiger charge is -2.08. The van der Waals surface area contributed by atoms with E-state index in [0.717, 1.165) is 13.0 Å². The molecular weight excluding hydrogens is 182 g/mol. The second-order valence-electron chi connectivity index (χ2n) is 2.60. The Hall–Kier alpha value is -0.320. The van der Waals surface area contributed by atoms with Gasteiger partial charge in [-0.1, -0.05) is 0 Å². The minimum Gasteiger partial charge on any atom is -0.480 e. The molecule has 0 atom stereocenters. The van der Waals surface area contributed by atoms with Gasteiger partial charge >= 0.3 is 5.97 Å². The van der Waals surface area contributed by atoms with Gasteiger partial charge in [0, 0.05) is 6.61 Å². The minimum absolute atomic E-state index is 0. The number of rotatable bonds is 6. The zero-order chi connectivity index (χ0) is 8.69. The van der Waals surface area contributed by atoms with E-state index in [0.29, 0.717) is 6.61 Å². The smallest absolute Gasteiger partial charge is 0.329 e. The van der Waals surface area contributed by atoms with Crippen LogP contribution < -0.4 is 0 Å². The lowest BCUT2D eigenvalue weighted by Crippen LogP contribution is -2.16. The zero-order valence-electron chi connectivity index (χ0n) is 7.45. The molecule has 0 aliphatic carbocycles. The van der Waals surface area contributed by atoms with Crippen molar-refractivity contribution >= 4 is 18.4 Å². The molecule has 0 fully saturated rings. The van der Waals surface area contributed by atoms with E-state index in [4.69, 9.17) is 9.84 Å². The van der Waals surface area contributed by atoms with E-state index >= 15 is 0 Å². The van der Waals surface area contributed by atoms with Crippen LogP contribution in [0.15, 0.2) is 0 Å². The first-order valence-corrected chi connectivity index (χ1v) is 3.57. The van der Waals surface area contributed by atoms with Crippen LogP contribution in [0.3, 0.4) is 0 Å². The highest BCUT2D eigenvalue weighted by molar-refractivity contribution is 5.85. The minimum atomic E-state index is -0.908. The van der Waals surface area contributed by atoms with Crippen molar-refractivity contribution in [1.82, 2.24) is 4.90 Å². The predicted molar refractivity (Wildman–Crippen MR) is 48.9 cm³/mol. The van der Waals surface area contributed by atoms with E-state index in [9.17, 15) is 4.79 Å². The van der Waals surface area contributed by atoms with Gasteiger partial charge in [-0.15, -0.1) is 12.4 Å². The van der Waals surface area contributed by atoms with E-state index in [1.165, 1.54) is 0 Å². The Kier molecular flexibility index (Phi) is 10.4. The Labute approximate surface area is 78.9 Å². The van der Waals surface area contributed by atoms with Crippen molar-refractivity contribution in [3.05, 3.63) is 0 Å². The molecule has 12 heavy (non-hydrogen) atoms. The van der Waals surface area contributed by atoms with Crippen molar-refractivity contribution in [2.45, 2.75) is 6.42 Å². The maximum Gasteiger partial charge on any atom is 0.329 e. The number of carboxylic acid groups (broad SMARTS) is 1. The van der Waals surface area contributed by atoms with Gasteiger partial charge in [0.15, 0.2) is 0 Å². The standard InChI is InChI=1S/C7H15NO3.ClH/c1-8(2)4-3-5-11-6-7(9)10;/h3-6H2,1-2H3,(H,9,10);1H. The molecule has 0 aromatic heterocycles. The topological polar surface area (TPSA) is 49.8 Å². The van der Waals surface area contributed by atoms with Crippen LogP contribution >= 0.6 is 12.4 Å². The Balaban J connectivity index is 0. The number of hydrogen-bond acceptors (Lipinski definition) is 3. The summed E-state index contributed by atoms with van der Waals surface area (Å²) in [4.78, 5) is 12.0. The van der Waals surface area contributed by atoms with Crippen LogP contribution in [0.1, 0.15) is 6.42 Å². The Morgan fingerprint density at radius 3 is 2.50 bits per heavy atom. The summed E-state index contributed by atoms with van der Waals surface area (Å²) in [7, 11) is 3.94. The van der Waals surface area contributed by atoms with Crippen molar-refractivity contribution in [3.63, 3.8) is 0 Å². The summed E-state index contributed by atoms with van der Waals surface area (Å²) in [6.45, 7) is 1.26. The van der Waals surface area contributed by atoms with Gasteiger partial charge < -0.3 is 14.7 Å². The molecule has 1 N–H and O–H groups in total. The monoisotopic (exact) mass is 197 g/mol. The molecule has 0 spiro atoms. The van der Waals surface area contributed by atoms with Gasteiger partial charge in [0.2, 0.25) is 0 Å². The zero-order valence-corrected chi connectivity index (χ0v) is 8.26. The molecule has 0 saturated carbocycles. The molecule has 74 valence electrons. The molecule has 0 aromatic carbocycles. The number of carbonyl (C=O) groups is 1. The van der Waals surface area contributed by atoms with E-state index in [2.05, 4.69) is 0 Å². The SMILES string of the molecule is CN(C)CCCOCC(=O)O.Cl. The average molecular weight is 198 g/mol. The largest absolute Gasteiger partial charge is 0.480 e.